The molecule has 5 nitrogen and oxygen atoms in total. The molecule has 0 amide bonds. The fourth-order valence-corrected chi connectivity index (χ4v) is 2.14. The largest absolute Gasteiger partial charge is 0.478 e. The number of H-pyrrole nitrogens is 1. The number of rotatable bonds is 3. The van der Waals surface area contributed by atoms with Crippen molar-refractivity contribution in [3.63, 3.8) is 0 Å². The molecular formula is C13H16N2O3. The SMILES string of the molecule is CCN1CCc2[nH]c(=O)c(/C=C/C(=O)O)cc2C1. The highest BCUT2D eigenvalue weighted by Gasteiger charge is 2.16. The maximum absolute atomic E-state index is 11.7. The smallest absolute Gasteiger partial charge is 0.328 e. The zero-order valence-corrected chi connectivity index (χ0v) is 10.3. The minimum Gasteiger partial charge on any atom is -0.478 e. The summed E-state index contributed by atoms with van der Waals surface area (Å²) < 4.78 is 0. The summed E-state index contributed by atoms with van der Waals surface area (Å²) in [6.07, 6.45) is 3.16. The third kappa shape index (κ3) is 2.68. The monoisotopic (exact) mass is 248 g/mol. The third-order valence-electron chi connectivity index (χ3n) is 3.17. The van der Waals surface area contributed by atoms with Gasteiger partial charge < -0.3 is 10.1 Å². The first-order chi connectivity index (χ1) is 8.60. The third-order valence-corrected chi connectivity index (χ3v) is 3.17. The number of nitrogens with one attached hydrogen (secondary N) is 1. The molecule has 0 radical (unpaired) electrons. The first-order valence-corrected chi connectivity index (χ1v) is 5.98. The predicted molar refractivity (Wildman–Crippen MR) is 68.4 cm³/mol. The van der Waals surface area contributed by atoms with E-state index in [2.05, 4.69) is 16.8 Å². The van der Waals surface area contributed by atoms with Gasteiger partial charge in [-0.05, 0) is 24.3 Å². The van der Waals surface area contributed by atoms with E-state index in [1.165, 1.54) is 6.08 Å². The zero-order valence-electron chi connectivity index (χ0n) is 10.3. The molecule has 2 heterocycles. The molecule has 1 aromatic rings. The minimum atomic E-state index is -1.05. The average Bonchev–Trinajstić information content (AvgIpc) is 2.35. The van der Waals surface area contributed by atoms with Gasteiger partial charge in [0.1, 0.15) is 0 Å². The Bertz CT molecular complexity index is 546. The molecule has 0 aromatic carbocycles. The highest BCUT2D eigenvalue weighted by atomic mass is 16.4. The van der Waals surface area contributed by atoms with Crippen LogP contribution in [0.25, 0.3) is 6.08 Å². The topological polar surface area (TPSA) is 73.4 Å². The number of pyridine rings is 1. The van der Waals surface area contributed by atoms with Crippen LogP contribution in [0.15, 0.2) is 16.9 Å². The molecule has 0 atom stereocenters. The van der Waals surface area contributed by atoms with E-state index < -0.39 is 5.97 Å². The Morgan fingerprint density at radius 1 is 1.61 bits per heavy atom. The Hall–Kier alpha value is -1.88. The average molecular weight is 248 g/mol. The maximum Gasteiger partial charge on any atom is 0.328 e. The Balaban J connectivity index is 2.34. The van der Waals surface area contributed by atoms with Gasteiger partial charge in [-0.3, -0.25) is 9.69 Å². The number of aromatic amines is 1. The van der Waals surface area contributed by atoms with Crippen molar-refractivity contribution >= 4 is 12.0 Å². The quantitative estimate of drug-likeness (QED) is 0.778. The molecule has 18 heavy (non-hydrogen) atoms. The van der Waals surface area contributed by atoms with Crippen molar-refractivity contribution in [2.75, 3.05) is 13.1 Å². The molecule has 0 bridgehead atoms. The molecule has 0 fully saturated rings. The lowest BCUT2D eigenvalue weighted by atomic mass is 10.0. The number of carboxylic acid groups (broad SMARTS) is 1. The van der Waals surface area contributed by atoms with Gasteiger partial charge in [-0.1, -0.05) is 6.92 Å². The number of nitrogens with zero attached hydrogens (tertiary/aromatic N) is 1. The Morgan fingerprint density at radius 2 is 2.39 bits per heavy atom. The van der Waals surface area contributed by atoms with Gasteiger partial charge in [-0.25, -0.2) is 4.79 Å². The van der Waals surface area contributed by atoms with E-state index in [-0.39, 0.29) is 5.56 Å². The Labute approximate surface area is 105 Å². The molecule has 5 heteroatoms. The second-order valence-electron chi connectivity index (χ2n) is 4.35. The van der Waals surface area contributed by atoms with Crippen LogP contribution in [0, 0.1) is 0 Å². The van der Waals surface area contributed by atoms with Crippen LogP contribution in [0.4, 0.5) is 0 Å². The van der Waals surface area contributed by atoms with Crippen LogP contribution in [0.2, 0.25) is 0 Å². The number of aromatic nitrogens is 1. The van der Waals surface area contributed by atoms with Gasteiger partial charge in [0, 0.05) is 36.8 Å². The summed E-state index contributed by atoms with van der Waals surface area (Å²) >= 11 is 0. The van der Waals surface area contributed by atoms with Crippen molar-refractivity contribution < 1.29 is 9.90 Å². The number of fused-ring (bicyclic) bond motifs is 1. The second kappa shape index (κ2) is 5.18. The highest BCUT2D eigenvalue weighted by Crippen LogP contribution is 2.16. The highest BCUT2D eigenvalue weighted by molar-refractivity contribution is 5.85. The van der Waals surface area contributed by atoms with E-state index in [0.717, 1.165) is 43.4 Å². The van der Waals surface area contributed by atoms with E-state index in [4.69, 9.17) is 5.11 Å². The summed E-state index contributed by atoms with van der Waals surface area (Å²) in [5.74, 6) is -1.05. The second-order valence-corrected chi connectivity index (χ2v) is 4.35. The van der Waals surface area contributed by atoms with Gasteiger partial charge in [-0.2, -0.15) is 0 Å². The van der Waals surface area contributed by atoms with Crippen LogP contribution in [0.3, 0.4) is 0 Å². The van der Waals surface area contributed by atoms with Crippen molar-refractivity contribution in [3.05, 3.63) is 39.3 Å². The number of carboxylic acids is 1. The fourth-order valence-electron chi connectivity index (χ4n) is 2.14. The van der Waals surface area contributed by atoms with Crippen molar-refractivity contribution in [1.82, 2.24) is 9.88 Å². The molecule has 96 valence electrons. The minimum absolute atomic E-state index is 0.226. The number of hydrogen-bond acceptors (Lipinski definition) is 3. The lowest BCUT2D eigenvalue weighted by molar-refractivity contribution is -0.131. The van der Waals surface area contributed by atoms with Crippen LogP contribution < -0.4 is 5.56 Å². The van der Waals surface area contributed by atoms with E-state index >= 15 is 0 Å². The molecule has 1 aliphatic rings. The summed E-state index contributed by atoms with van der Waals surface area (Å²) in [5, 5.41) is 8.58. The molecule has 1 aromatic heterocycles. The summed E-state index contributed by atoms with van der Waals surface area (Å²) in [4.78, 5) is 27.3. The van der Waals surface area contributed by atoms with Gasteiger partial charge in [0.05, 0.1) is 0 Å². The Morgan fingerprint density at radius 3 is 3.06 bits per heavy atom. The van der Waals surface area contributed by atoms with Gasteiger partial charge in [0.15, 0.2) is 0 Å². The molecule has 0 unspecified atom stereocenters. The first kappa shape index (κ1) is 12.6. The van der Waals surface area contributed by atoms with E-state index in [1.54, 1.807) is 6.07 Å². The van der Waals surface area contributed by atoms with Crippen molar-refractivity contribution in [2.45, 2.75) is 19.9 Å². The summed E-state index contributed by atoms with van der Waals surface area (Å²) in [5.41, 5.74) is 2.22. The number of aliphatic carboxylic acids is 1. The first-order valence-electron chi connectivity index (χ1n) is 5.98. The molecule has 2 rings (SSSR count). The number of likely N-dealkylation sites (N-methyl/N-ethyl adjacent to an activating group) is 1. The zero-order chi connectivity index (χ0) is 13.1. The predicted octanol–water partition coefficient (Wildman–Crippen LogP) is 0.851. The molecule has 2 N–H and O–H groups in total. The van der Waals surface area contributed by atoms with Gasteiger partial charge in [0.2, 0.25) is 0 Å². The van der Waals surface area contributed by atoms with Crippen LogP contribution in [-0.4, -0.2) is 34.0 Å². The molecular weight excluding hydrogens is 232 g/mol. The molecule has 0 spiro atoms. The van der Waals surface area contributed by atoms with Crippen LogP contribution >= 0.6 is 0 Å². The van der Waals surface area contributed by atoms with Gasteiger partial charge in [0.25, 0.3) is 5.56 Å². The Kier molecular flexibility index (Phi) is 3.62. The van der Waals surface area contributed by atoms with E-state index in [9.17, 15) is 9.59 Å². The lowest BCUT2D eigenvalue weighted by Crippen LogP contribution is -2.32. The van der Waals surface area contributed by atoms with Crippen LogP contribution in [-0.2, 0) is 17.8 Å². The summed E-state index contributed by atoms with van der Waals surface area (Å²) in [6.45, 7) is 4.82. The number of carbonyl (C=O) groups is 1. The van der Waals surface area contributed by atoms with Crippen LogP contribution in [0.1, 0.15) is 23.7 Å². The fraction of sp³-hybridized carbons (Fsp3) is 0.385. The molecule has 0 saturated carbocycles. The summed E-state index contributed by atoms with van der Waals surface area (Å²) in [7, 11) is 0. The molecule has 1 aliphatic heterocycles. The molecule has 0 saturated heterocycles. The van der Waals surface area contributed by atoms with Gasteiger partial charge >= 0.3 is 5.97 Å². The number of hydrogen-bond donors (Lipinski definition) is 2. The van der Waals surface area contributed by atoms with E-state index in [1.807, 2.05) is 0 Å². The maximum atomic E-state index is 11.7. The summed E-state index contributed by atoms with van der Waals surface area (Å²) in [6, 6.07) is 1.79. The standard InChI is InChI=1S/C13H16N2O3/c1-2-15-6-5-11-10(8-15)7-9(13(18)14-11)3-4-12(16)17/h3-4,7H,2,5-6,8H2,1H3,(H,14,18)(H,16,17)/b4-3+. The van der Waals surface area contributed by atoms with Crippen LogP contribution in [0.5, 0.6) is 0 Å². The normalized spacial score (nSPS) is 15.8. The lowest BCUT2D eigenvalue weighted by Gasteiger charge is -2.27. The van der Waals surface area contributed by atoms with E-state index in [0.29, 0.717) is 5.56 Å². The van der Waals surface area contributed by atoms with Crippen molar-refractivity contribution in [2.24, 2.45) is 0 Å². The van der Waals surface area contributed by atoms with Crippen molar-refractivity contribution in [3.8, 4) is 0 Å². The van der Waals surface area contributed by atoms with Gasteiger partial charge in [-0.15, -0.1) is 0 Å². The van der Waals surface area contributed by atoms with Crippen molar-refractivity contribution in [1.29, 1.82) is 0 Å². The molecule has 0 aliphatic carbocycles.